The van der Waals surface area contributed by atoms with Crippen molar-refractivity contribution in [3.05, 3.63) is 49.6 Å². The minimum atomic E-state index is -1.12. The Bertz CT molecular complexity index is 1210. The molecule has 236 valence electrons. The minimum absolute atomic E-state index is 0.00501. The number of carbonyl (C=O) groups is 3. The average Bonchev–Trinajstić information content (AvgIpc) is 3.58. The summed E-state index contributed by atoms with van der Waals surface area (Å²) < 4.78 is 12.6. The second-order valence-electron chi connectivity index (χ2n) is 12.9. The highest BCUT2D eigenvalue weighted by Crippen LogP contribution is 2.65. The first-order valence-corrected chi connectivity index (χ1v) is 15.6. The molecule has 2 unspecified atom stereocenters. The van der Waals surface area contributed by atoms with Crippen LogP contribution in [0, 0.1) is 11.8 Å². The van der Waals surface area contributed by atoms with Crippen molar-refractivity contribution in [2.24, 2.45) is 11.8 Å². The summed E-state index contributed by atoms with van der Waals surface area (Å²) in [5.41, 5.74) is -1.82. The van der Waals surface area contributed by atoms with E-state index in [1.54, 1.807) is 26.9 Å². The highest BCUT2D eigenvalue weighted by Gasteiger charge is 2.79. The maximum absolute atomic E-state index is 14.7. The molecule has 1 spiro atoms. The van der Waals surface area contributed by atoms with Gasteiger partial charge in [0.05, 0.1) is 24.0 Å². The zero-order chi connectivity index (χ0) is 31.6. The van der Waals surface area contributed by atoms with Crippen LogP contribution in [0.4, 0.5) is 5.69 Å². The molecule has 1 N–H and O–H groups in total. The van der Waals surface area contributed by atoms with Gasteiger partial charge in [0.15, 0.2) is 0 Å². The second kappa shape index (κ2) is 12.8. The van der Waals surface area contributed by atoms with Gasteiger partial charge in [0.1, 0.15) is 17.4 Å². The molecule has 0 saturated carbocycles. The van der Waals surface area contributed by atoms with Crippen LogP contribution in [0.3, 0.4) is 0 Å². The molecule has 0 aliphatic carbocycles. The third-order valence-electron chi connectivity index (χ3n) is 9.41. The molecule has 0 aromatic heterocycles. The van der Waals surface area contributed by atoms with Crippen LogP contribution in [0.25, 0.3) is 0 Å². The summed E-state index contributed by atoms with van der Waals surface area (Å²) in [7, 11) is 0. The van der Waals surface area contributed by atoms with Gasteiger partial charge < -0.3 is 29.3 Å². The number of unbranched alkanes of at least 4 members (excludes halogenated alkanes) is 1. The van der Waals surface area contributed by atoms with Crippen molar-refractivity contribution in [2.45, 2.75) is 89.5 Å². The van der Waals surface area contributed by atoms with Gasteiger partial charge in [0, 0.05) is 37.5 Å². The molecule has 3 fully saturated rings. The van der Waals surface area contributed by atoms with E-state index >= 15 is 0 Å². The number of likely N-dealkylation sites (tertiary alicyclic amines) is 1. The third kappa shape index (κ3) is 5.62. The van der Waals surface area contributed by atoms with Crippen LogP contribution in [0.15, 0.2) is 49.6 Å². The van der Waals surface area contributed by atoms with E-state index in [9.17, 15) is 19.5 Å². The van der Waals surface area contributed by atoms with Crippen molar-refractivity contribution >= 4 is 23.4 Å². The molecular weight excluding hydrogens is 546 g/mol. The molecule has 1 aromatic carbocycles. The smallest absolute Gasteiger partial charge is 0.249 e. The number of rotatable bonds is 14. The van der Waals surface area contributed by atoms with Crippen LogP contribution < -0.4 is 9.64 Å². The summed E-state index contributed by atoms with van der Waals surface area (Å²) >= 11 is 0. The molecule has 3 heterocycles. The predicted molar refractivity (Wildman–Crippen MR) is 167 cm³/mol. The molecule has 9 heteroatoms. The van der Waals surface area contributed by atoms with Gasteiger partial charge in [-0.2, -0.15) is 0 Å². The van der Waals surface area contributed by atoms with E-state index in [-0.39, 0.29) is 30.9 Å². The highest BCUT2D eigenvalue weighted by atomic mass is 16.5. The standard InChI is InChI=1S/C34H49N3O6/c1-8-20-35(24-14-16-25(17-15-24)42-11-4)29(39)26-27-30(40)36(22-12-13-23-38)28(31(41)37(21-9-2)32(5,6)7)34(27)19-18-33(26,10-3)43-34/h8-9,14-17,26-28,38H,1-2,10-13,18-23H2,3-7H3/t26-,27+,28?,33+,34?/m1/s1. The molecule has 3 amide bonds. The Morgan fingerprint density at radius 3 is 2.33 bits per heavy atom. The molecular formula is C34H49N3O6. The van der Waals surface area contributed by atoms with Gasteiger partial charge in [0.2, 0.25) is 17.7 Å². The van der Waals surface area contributed by atoms with E-state index in [1.165, 1.54) is 0 Å². The normalized spacial score (nSPS) is 27.6. The fourth-order valence-electron chi connectivity index (χ4n) is 7.49. The number of amides is 3. The Hall–Kier alpha value is -3.17. The molecule has 3 saturated heterocycles. The first-order valence-electron chi connectivity index (χ1n) is 15.6. The molecule has 9 nitrogen and oxygen atoms in total. The van der Waals surface area contributed by atoms with Crippen LogP contribution in [0.2, 0.25) is 0 Å². The maximum Gasteiger partial charge on any atom is 0.249 e. The highest BCUT2D eigenvalue weighted by molar-refractivity contribution is 6.03. The quantitative estimate of drug-likeness (QED) is 0.254. The average molecular weight is 596 g/mol. The van der Waals surface area contributed by atoms with Gasteiger partial charge in [-0.15, -0.1) is 13.2 Å². The Balaban J connectivity index is 1.80. The van der Waals surface area contributed by atoms with E-state index in [0.29, 0.717) is 63.2 Å². The number of aliphatic hydroxyl groups is 1. The van der Waals surface area contributed by atoms with Gasteiger partial charge in [-0.3, -0.25) is 14.4 Å². The molecule has 4 rings (SSSR count). The fraction of sp³-hybridized carbons (Fsp3) is 0.618. The van der Waals surface area contributed by atoms with Crippen molar-refractivity contribution < 1.29 is 29.0 Å². The van der Waals surface area contributed by atoms with E-state index in [1.807, 2.05) is 58.9 Å². The lowest BCUT2D eigenvalue weighted by Gasteiger charge is -2.42. The summed E-state index contributed by atoms with van der Waals surface area (Å²) in [6, 6.07) is 6.47. The lowest BCUT2D eigenvalue weighted by atomic mass is 9.64. The number of benzene rings is 1. The largest absolute Gasteiger partial charge is 0.494 e. The third-order valence-corrected chi connectivity index (χ3v) is 9.41. The summed E-state index contributed by atoms with van der Waals surface area (Å²) in [4.78, 5) is 48.8. The van der Waals surface area contributed by atoms with Gasteiger partial charge in [-0.25, -0.2) is 0 Å². The van der Waals surface area contributed by atoms with Crippen molar-refractivity contribution in [3.8, 4) is 5.75 Å². The summed E-state index contributed by atoms with van der Waals surface area (Å²) in [6.45, 7) is 19.0. The van der Waals surface area contributed by atoms with E-state index < -0.39 is 34.6 Å². The van der Waals surface area contributed by atoms with E-state index in [0.717, 1.165) is 0 Å². The Morgan fingerprint density at radius 2 is 1.77 bits per heavy atom. The summed E-state index contributed by atoms with van der Waals surface area (Å²) in [5.74, 6) is -1.46. The van der Waals surface area contributed by atoms with Crippen molar-refractivity contribution in [3.63, 3.8) is 0 Å². The lowest BCUT2D eigenvalue weighted by molar-refractivity contribution is -0.155. The topological polar surface area (TPSA) is 99.6 Å². The molecule has 3 aliphatic rings. The first kappa shape index (κ1) is 32.7. The maximum atomic E-state index is 14.7. The molecule has 43 heavy (non-hydrogen) atoms. The predicted octanol–water partition coefficient (Wildman–Crippen LogP) is 4.34. The number of nitrogens with zero attached hydrogens (tertiary/aromatic N) is 3. The SMILES string of the molecule is C=CCN(C(=O)[C@H]1[C@H]2C(=O)N(CCCCO)C(C(=O)N(CC=C)C(C)(C)C)C23CC[C@]1(CC)O3)c1ccc(OCC)cc1. The molecule has 5 atom stereocenters. The van der Waals surface area contributed by atoms with Gasteiger partial charge in [0.25, 0.3) is 0 Å². The molecule has 1 aromatic rings. The summed E-state index contributed by atoms with van der Waals surface area (Å²) in [5, 5.41) is 9.48. The number of fused-ring (bicyclic) bond motifs is 1. The number of hydrogen-bond acceptors (Lipinski definition) is 6. The fourth-order valence-corrected chi connectivity index (χ4v) is 7.49. The zero-order valence-electron chi connectivity index (χ0n) is 26.5. The van der Waals surface area contributed by atoms with Crippen LogP contribution >= 0.6 is 0 Å². The van der Waals surface area contributed by atoms with Crippen LogP contribution in [0.1, 0.15) is 66.7 Å². The van der Waals surface area contributed by atoms with Crippen LogP contribution in [0.5, 0.6) is 5.75 Å². The Kier molecular flexibility index (Phi) is 9.76. The number of ether oxygens (including phenoxy) is 2. The molecule has 0 radical (unpaired) electrons. The zero-order valence-corrected chi connectivity index (χ0v) is 26.5. The van der Waals surface area contributed by atoms with Crippen molar-refractivity contribution in [1.29, 1.82) is 0 Å². The number of aliphatic hydroxyl groups excluding tert-OH is 1. The second-order valence-corrected chi connectivity index (χ2v) is 12.9. The number of anilines is 1. The van der Waals surface area contributed by atoms with Crippen molar-refractivity contribution in [2.75, 3.05) is 37.7 Å². The Morgan fingerprint density at radius 1 is 1.09 bits per heavy atom. The Labute approximate surface area is 256 Å². The van der Waals surface area contributed by atoms with Gasteiger partial charge >= 0.3 is 0 Å². The monoisotopic (exact) mass is 595 g/mol. The number of carbonyl (C=O) groups excluding carboxylic acids is 3. The molecule has 3 aliphatic heterocycles. The minimum Gasteiger partial charge on any atom is -0.494 e. The first-order chi connectivity index (χ1) is 20.5. The van der Waals surface area contributed by atoms with Gasteiger partial charge in [-0.1, -0.05) is 19.1 Å². The van der Waals surface area contributed by atoms with Crippen LogP contribution in [-0.2, 0) is 19.1 Å². The number of hydrogen-bond donors (Lipinski definition) is 1. The van der Waals surface area contributed by atoms with E-state index in [2.05, 4.69) is 13.2 Å². The van der Waals surface area contributed by atoms with Gasteiger partial charge in [-0.05, 0) is 84.1 Å². The van der Waals surface area contributed by atoms with Crippen molar-refractivity contribution in [1.82, 2.24) is 9.80 Å². The van der Waals surface area contributed by atoms with Crippen LogP contribution in [-0.4, -0.2) is 88.3 Å². The summed E-state index contributed by atoms with van der Waals surface area (Å²) in [6.07, 6.45) is 6.06. The molecule has 2 bridgehead atoms. The van der Waals surface area contributed by atoms with E-state index in [4.69, 9.17) is 9.47 Å². The lowest BCUT2D eigenvalue weighted by Crippen LogP contribution is -2.60.